The summed E-state index contributed by atoms with van der Waals surface area (Å²) >= 11 is 0. The fraction of sp³-hybridized carbons (Fsp3) is 0.526. The van der Waals surface area contributed by atoms with Gasteiger partial charge in [-0.15, -0.1) is 0 Å². The van der Waals surface area contributed by atoms with Crippen LogP contribution in [0.4, 0.5) is 10.5 Å². The molecular weight excluding hydrogens is 334 g/mol. The summed E-state index contributed by atoms with van der Waals surface area (Å²) < 4.78 is 0. The monoisotopic (exact) mass is 359 g/mol. The van der Waals surface area contributed by atoms with Gasteiger partial charge in [-0.05, 0) is 56.4 Å². The second kappa shape index (κ2) is 7.76. The highest BCUT2D eigenvalue weighted by Crippen LogP contribution is 2.22. The summed E-state index contributed by atoms with van der Waals surface area (Å²) in [5.74, 6) is -1.34. The van der Waals surface area contributed by atoms with Crippen LogP contribution in [-0.2, 0) is 4.79 Å². The molecule has 0 radical (unpaired) electrons. The Morgan fingerprint density at radius 3 is 2.42 bits per heavy atom. The molecule has 1 atom stereocenters. The maximum Gasteiger partial charge on any atom is 0.335 e. The van der Waals surface area contributed by atoms with Crippen LogP contribution in [-0.4, -0.2) is 59.0 Å². The van der Waals surface area contributed by atoms with E-state index in [4.69, 9.17) is 5.11 Å². The molecule has 1 aromatic rings. The van der Waals surface area contributed by atoms with E-state index in [1.165, 1.54) is 6.07 Å². The van der Waals surface area contributed by atoms with Crippen LogP contribution < -0.4 is 5.32 Å². The molecule has 26 heavy (non-hydrogen) atoms. The zero-order valence-electron chi connectivity index (χ0n) is 15.0. The number of likely N-dealkylation sites (tertiary alicyclic amines) is 2. The van der Waals surface area contributed by atoms with Gasteiger partial charge in [-0.3, -0.25) is 4.79 Å². The number of carboxylic acid groups (broad SMARTS) is 1. The molecule has 0 spiro atoms. The first-order valence-corrected chi connectivity index (χ1v) is 9.14. The Morgan fingerprint density at radius 2 is 1.77 bits per heavy atom. The molecule has 0 saturated carbocycles. The topological polar surface area (TPSA) is 90.0 Å². The molecule has 7 heteroatoms. The van der Waals surface area contributed by atoms with E-state index in [-0.39, 0.29) is 23.4 Å². The number of hydrogen-bond donors (Lipinski definition) is 2. The molecular formula is C19H25N3O4. The van der Waals surface area contributed by atoms with Gasteiger partial charge in [-0.2, -0.15) is 0 Å². The van der Waals surface area contributed by atoms with Crippen molar-refractivity contribution in [3.8, 4) is 0 Å². The minimum absolute atomic E-state index is 0.0432. The standard InChI is InChI=1S/C19H25N3O4/c1-13-11-15(6-7-16(13)18(24)25)20-17(23)14-5-4-10-22(12-14)19(26)21-8-2-3-9-21/h6-7,11,14H,2-5,8-10,12H2,1H3,(H,20,23)(H,24,25). The molecule has 140 valence electrons. The number of hydrogen-bond acceptors (Lipinski definition) is 3. The molecule has 1 aromatic carbocycles. The first kappa shape index (κ1) is 18.2. The Balaban J connectivity index is 1.61. The zero-order chi connectivity index (χ0) is 18.7. The Bertz CT molecular complexity index is 713. The minimum Gasteiger partial charge on any atom is -0.478 e. The molecule has 2 aliphatic heterocycles. The van der Waals surface area contributed by atoms with Crippen molar-refractivity contribution in [3.05, 3.63) is 29.3 Å². The molecule has 0 aliphatic carbocycles. The average Bonchev–Trinajstić information content (AvgIpc) is 3.15. The summed E-state index contributed by atoms with van der Waals surface area (Å²) in [5.41, 5.74) is 1.41. The zero-order valence-corrected chi connectivity index (χ0v) is 15.0. The van der Waals surface area contributed by atoms with E-state index in [0.717, 1.165) is 38.8 Å². The van der Waals surface area contributed by atoms with E-state index in [2.05, 4.69) is 5.32 Å². The lowest BCUT2D eigenvalue weighted by Gasteiger charge is -2.34. The third-order valence-electron chi connectivity index (χ3n) is 5.16. The predicted molar refractivity (Wildman–Crippen MR) is 97.3 cm³/mol. The Morgan fingerprint density at radius 1 is 1.08 bits per heavy atom. The van der Waals surface area contributed by atoms with Crippen LogP contribution in [0.2, 0.25) is 0 Å². The number of rotatable bonds is 3. The van der Waals surface area contributed by atoms with Gasteiger partial charge in [0, 0.05) is 31.9 Å². The number of anilines is 1. The summed E-state index contributed by atoms with van der Waals surface area (Å²) in [4.78, 5) is 39.9. The van der Waals surface area contributed by atoms with Crippen LogP contribution in [0.5, 0.6) is 0 Å². The highest BCUT2D eigenvalue weighted by molar-refractivity contribution is 5.95. The molecule has 3 amide bonds. The lowest BCUT2D eigenvalue weighted by molar-refractivity contribution is -0.121. The molecule has 2 aliphatic rings. The summed E-state index contributed by atoms with van der Waals surface area (Å²) in [7, 11) is 0. The Hall–Kier alpha value is -2.57. The molecule has 2 fully saturated rings. The third-order valence-corrected chi connectivity index (χ3v) is 5.16. The maximum atomic E-state index is 12.6. The molecule has 2 saturated heterocycles. The van der Waals surface area contributed by atoms with E-state index < -0.39 is 5.97 Å². The van der Waals surface area contributed by atoms with Gasteiger partial charge in [0.25, 0.3) is 0 Å². The Kier molecular flexibility index (Phi) is 5.44. The number of amides is 3. The van der Waals surface area contributed by atoms with Crippen molar-refractivity contribution in [1.82, 2.24) is 9.80 Å². The summed E-state index contributed by atoms with van der Waals surface area (Å²) in [6.45, 7) is 4.46. The van der Waals surface area contributed by atoms with E-state index in [0.29, 0.717) is 24.3 Å². The van der Waals surface area contributed by atoms with Gasteiger partial charge in [-0.1, -0.05) is 0 Å². The van der Waals surface area contributed by atoms with Crippen molar-refractivity contribution < 1.29 is 19.5 Å². The number of aromatic carboxylic acids is 1. The van der Waals surface area contributed by atoms with Crippen LogP contribution in [0, 0.1) is 12.8 Å². The number of carbonyl (C=O) groups is 3. The van der Waals surface area contributed by atoms with Crippen molar-refractivity contribution in [2.45, 2.75) is 32.6 Å². The largest absolute Gasteiger partial charge is 0.478 e. The van der Waals surface area contributed by atoms with Crippen LogP contribution in [0.3, 0.4) is 0 Å². The fourth-order valence-electron chi connectivity index (χ4n) is 3.70. The molecule has 7 nitrogen and oxygen atoms in total. The highest BCUT2D eigenvalue weighted by Gasteiger charge is 2.31. The van der Waals surface area contributed by atoms with Gasteiger partial charge in [0.15, 0.2) is 0 Å². The van der Waals surface area contributed by atoms with Gasteiger partial charge in [0.2, 0.25) is 5.91 Å². The van der Waals surface area contributed by atoms with Crippen LogP contribution in [0.25, 0.3) is 0 Å². The van der Waals surface area contributed by atoms with Gasteiger partial charge < -0.3 is 20.2 Å². The first-order chi connectivity index (χ1) is 12.5. The number of nitrogens with zero attached hydrogens (tertiary/aromatic N) is 2. The number of benzene rings is 1. The fourth-order valence-corrected chi connectivity index (χ4v) is 3.70. The molecule has 3 rings (SSSR count). The lowest BCUT2D eigenvalue weighted by atomic mass is 9.97. The number of aryl methyl sites for hydroxylation is 1. The van der Waals surface area contributed by atoms with Crippen molar-refractivity contribution in [1.29, 1.82) is 0 Å². The van der Waals surface area contributed by atoms with Gasteiger partial charge in [0.1, 0.15) is 0 Å². The maximum absolute atomic E-state index is 12.6. The van der Waals surface area contributed by atoms with E-state index in [1.54, 1.807) is 24.0 Å². The average molecular weight is 359 g/mol. The molecule has 0 bridgehead atoms. The lowest BCUT2D eigenvalue weighted by Crippen LogP contribution is -2.48. The molecule has 0 aromatic heterocycles. The minimum atomic E-state index is -0.983. The molecule has 2 N–H and O–H groups in total. The first-order valence-electron chi connectivity index (χ1n) is 9.14. The summed E-state index contributed by atoms with van der Waals surface area (Å²) in [6, 6.07) is 4.81. The SMILES string of the molecule is Cc1cc(NC(=O)C2CCCN(C(=O)N3CCCC3)C2)ccc1C(=O)O. The predicted octanol–water partition coefficient (Wildman–Crippen LogP) is 2.56. The molecule has 2 heterocycles. The van der Waals surface area contributed by atoms with Gasteiger partial charge >= 0.3 is 12.0 Å². The number of carboxylic acids is 1. The van der Waals surface area contributed by atoms with Crippen molar-refractivity contribution >= 4 is 23.6 Å². The normalized spacial score (nSPS) is 20.1. The third kappa shape index (κ3) is 3.98. The second-order valence-electron chi connectivity index (χ2n) is 7.09. The van der Waals surface area contributed by atoms with Crippen molar-refractivity contribution in [3.63, 3.8) is 0 Å². The van der Waals surface area contributed by atoms with Gasteiger partial charge in [0.05, 0.1) is 11.5 Å². The van der Waals surface area contributed by atoms with E-state index >= 15 is 0 Å². The quantitative estimate of drug-likeness (QED) is 0.868. The van der Waals surface area contributed by atoms with Crippen LogP contribution in [0.1, 0.15) is 41.6 Å². The molecule has 1 unspecified atom stereocenters. The smallest absolute Gasteiger partial charge is 0.335 e. The van der Waals surface area contributed by atoms with Crippen LogP contribution >= 0.6 is 0 Å². The summed E-state index contributed by atoms with van der Waals surface area (Å²) in [5, 5.41) is 11.9. The van der Waals surface area contributed by atoms with Crippen LogP contribution in [0.15, 0.2) is 18.2 Å². The van der Waals surface area contributed by atoms with Gasteiger partial charge in [-0.25, -0.2) is 9.59 Å². The summed E-state index contributed by atoms with van der Waals surface area (Å²) in [6.07, 6.45) is 3.67. The number of nitrogens with one attached hydrogen (secondary N) is 1. The second-order valence-corrected chi connectivity index (χ2v) is 7.09. The van der Waals surface area contributed by atoms with E-state index in [1.807, 2.05) is 4.90 Å². The van der Waals surface area contributed by atoms with Crippen molar-refractivity contribution in [2.75, 3.05) is 31.5 Å². The Labute approximate surface area is 153 Å². The number of urea groups is 1. The highest BCUT2D eigenvalue weighted by atomic mass is 16.4. The van der Waals surface area contributed by atoms with Crippen molar-refractivity contribution in [2.24, 2.45) is 5.92 Å². The van der Waals surface area contributed by atoms with E-state index in [9.17, 15) is 14.4 Å². The number of carbonyl (C=O) groups excluding carboxylic acids is 2. The number of piperidine rings is 1.